The summed E-state index contributed by atoms with van der Waals surface area (Å²) in [6.45, 7) is 2.10. The number of aromatic nitrogens is 1. The largest absolute Gasteiger partial charge is 0.379 e. The number of rotatable bonds is 5. The molecule has 0 aliphatic rings. The van der Waals surface area contributed by atoms with Crippen molar-refractivity contribution in [1.82, 2.24) is 4.57 Å². The molecule has 1 heterocycles. The minimum Gasteiger partial charge on any atom is -0.379 e. The van der Waals surface area contributed by atoms with E-state index < -0.39 is 0 Å². The molecular weight excluding hydrogens is 326 g/mol. The number of carbonyl (C=O) groups excluding carboxylic acids is 1. The molecule has 0 unspecified atom stereocenters. The van der Waals surface area contributed by atoms with E-state index in [0.29, 0.717) is 11.3 Å². The summed E-state index contributed by atoms with van der Waals surface area (Å²) in [6.07, 6.45) is 1.58. The Morgan fingerprint density at radius 3 is 2.27 bits per heavy atom. The second-order valence-corrected chi connectivity index (χ2v) is 6.17. The maximum atomic E-state index is 12.3. The van der Waals surface area contributed by atoms with Crippen LogP contribution in [0.4, 0.5) is 11.4 Å². The van der Waals surface area contributed by atoms with Gasteiger partial charge < -0.3 is 15.2 Å². The number of nitrogens with zero attached hydrogens (tertiary/aromatic N) is 1. The third-order valence-corrected chi connectivity index (χ3v) is 4.19. The van der Waals surface area contributed by atoms with E-state index in [1.807, 2.05) is 42.5 Å². The van der Waals surface area contributed by atoms with Crippen molar-refractivity contribution < 1.29 is 4.79 Å². The van der Waals surface area contributed by atoms with Crippen LogP contribution in [-0.2, 0) is 7.05 Å². The fourth-order valence-electron chi connectivity index (χ4n) is 2.62. The van der Waals surface area contributed by atoms with Crippen LogP contribution in [0.25, 0.3) is 0 Å². The average molecular weight is 347 g/mol. The molecule has 3 rings (SSSR count). The van der Waals surface area contributed by atoms with E-state index in [2.05, 4.69) is 29.7 Å². The first kappa shape index (κ1) is 17.5. The van der Waals surface area contributed by atoms with Crippen molar-refractivity contribution in [2.24, 2.45) is 7.05 Å². The van der Waals surface area contributed by atoms with Gasteiger partial charge in [-0.1, -0.05) is 30.3 Å². The van der Waals surface area contributed by atoms with Crippen LogP contribution in [0.5, 0.6) is 0 Å². The molecule has 0 aliphatic heterocycles. The maximum absolute atomic E-state index is 12.3. The van der Waals surface area contributed by atoms with Crippen molar-refractivity contribution >= 4 is 17.3 Å². The van der Waals surface area contributed by atoms with Crippen molar-refractivity contribution in [3.05, 3.63) is 94.4 Å². The Morgan fingerprint density at radius 2 is 1.62 bits per heavy atom. The van der Waals surface area contributed by atoms with Crippen molar-refractivity contribution in [2.75, 3.05) is 10.6 Å². The predicted octanol–water partition coefficient (Wildman–Crippen LogP) is 3.81. The summed E-state index contributed by atoms with van der Waals surface area (Å²) in [5.41, 5.74) is 2.97. The zero-order valence-corrected chi connectivity index (χ0v) is 14.8. The monoisotopic (exact) mass is 347 g/mol. The van der Waals surface area contributed by atoms with Gasteiger partial charge in [0, 0.05) is 42.3 Å². The summed E-state index contributed by atoms with van der Waals surface area (Å²) < 4.78 is 1.42. The molecule has 0 bridgehead atoms. The Kier molecular flexibility index (Phi) is 5.17. The minimum absolute atomic E-state index is 0.178. The molecule has 3 aromatic rings. The predicted molar refractivity (Wildman–Crippen MR) is 105 cm³/mol. The molecule has 0 radical (unpaired) electrons. The van der Waals surface area contributed by atoms with Crippen LogP contribution in [0.15, 0.2) is 77.7 Å². The SMILES string of the molecule is C[C@@H](Nc1ccc(NC(=O)c2ccn(C)c(=O)c2)cc1)c1ccccc1. The summed E-state index contributed by atoms with van der Waals surface area (Å²) in [5.74, 6) is -0.305. The van der Waals surface area contributed by atoms with Gasteiger partial charge >= 0.3 is 0 Å². The molecule has 0 fully saturated rings. The minimum atomic E-state index is -0.305. The van der Waals surface area contributed by atoms with Crippen molar-refractivity contribution in [3.8, 4) is 0 Å². The zero-order valence-electron chi connectivity index (χ0n) is 14.8. The van der Waals surface area contributed by atoms with Crippen LogP contribution in [0.3, 0.4) is 0 Å². The van der Waals surface area contributed by atoms with Gasteiger partial charge in [0.25, 0.3) is 11.5 Å². The van der Waals surface area contributed by atoms with E-state index in [-0.39, 0.29) is 17.5 Å². The summed E-state index contributed by atoms with van der Waals surface area (Å²) in [7, 11) is 1.65. The number of nitrogens with one attached hydrogen (secondary N) is 2. The molecular formula is C21H21N3O2. The van der Waals surface area contributed by atoms with Crippen molar-refractivity contribution in [1.29, 1.82) is 0 Å². The van der Waals surface area contributed by atoms with E-state index >= 15 is 0 Å². The average Bonchev–Trinajstić information content (AvgIpc) is 2.66. The summed E-state index contributed by atoms with van der Waals surface area (Å²) in [4.78, 5) is 23.9. The van der Waals surface area contributed by atoms with Gasteiger partial charge in [-0.2, -0.15) is 0 Å². The first-order valence-electron chi connectivity index (χ1n) is 8.42. The number of amides is 1. The van der Waals surface area contributed by atoms with Crippen LogP contribution >= 0.6 is 0 Å². The van der Waals surface area contributed by atoms with Gasteiger partial charge in [-0.25, -0.2) is 0 Å². The van der Waals surface area contributed by atoms with Gasteiger partial charge in [0.05, 0.1) is 0 Å². The number of anilines is 2. The zero-order chi connectivity index (χ0) is 18.5. The standard InChI is InChI=1S/C21H21N3O2/c1-15(16-6-4-3-5-7-16)22-18-8-10-19(11-9-18)23-21(26)17-12-13-24(2)20(25)14-17/h3-15,22H,1-2H3,(H,23,26)/t15-/m1/s1. The Morgan fingerprint density at radius 1 is 0.962 bits per heavy atom. The third kappa shape index (κ3) is 4.19. The number of carbonyl (C=O) groups is 1. The van der Waals surface area contributed by atoms with Gasteiger partial charge in [-0.3, -0.25) is 9.59 Å². The number of hydrogen-bond acceptors (Lipinski definition) is 3. The fourth-order valence-corrected chi connectivity index (χ4v) is 2.62. The lowest BCUT2D eigenvalue weighted by atomic mass is 10.1. The Labute approximate surface area is 152 Å². The molecule has 132 valence electrons. The first-order valence-corrected chi connectivity index (χ1v) is 8.42. The van der Waals surface area contributed by atoms with Gasteiger partial charge in [0.2, 0.25) is 0 Å². The van der Waals surface area contributed by atoms with E-state index in [9.17, 15) is 9.59 Å². The van der Waals surface area contributed by atoms with E-state index in [0.717, 1.165) is 5.69 Å². The number of pyridine rings is 1. The summed E-state index contributed by atoms with van der Waals surface area (Å²) in [5, 5.41) is 6.23. The molecule has 1 aromatic heterocycles. The van der Waals surface area contributed by atoms with Crippen molar-refractivity contribution in [3.63, 3.8) is 0 Å². The highest BCUT2D eigenvalue weighted by atomic mass is 16.2. The highest BCUT2D eigenvalue weighted by molar-refractivity contribution is 6.04. The van der Waals surface area contributed by atoms with E-state index in [4.69, 9.17) is 0 Å². The van der Waals surface area contributed by atoms with Crippen LogP contribution in [0.2, 0.25) is 0 Å². The van der Waals surface area contributed by atoms with Gasteiger partial charge in [0.1, 0.15) is 0 Å². The van der Waals surface area contributed by atoms with Crippen LogP contribution in [0.1, 0.15) is 28.9 Å². The first-order chi connectivity index (χ1) is 12.5. The fraction of sp³-hybridized carbons (Fsp3) is 0.143. The molecule has 2 aromatic carbocycles. The van der Waals surface area contributed by atoms with Crippen LogP contribution in [-0.4, -0.2) is 10.5 Å². The molecule has 5 heteroatoms. The second kappa shape index (κ2) is 7.70. The smallest absolute Gasteiger partial charge is 0.255 e. The summed E-state index contributed by atoms with van der Waals surface area (Å²) >= 11 is 0. The Hall–Kier alpha value is -3.34. The number of aryl methyl sites for hydroxylation is 1. The Bertz CT molecular complexity index is 947. The number of hydrogen-bond donors (Lipinski definition) is 2. The highest BCUT2D eigenvalue weighted by Gasteiger charge is 2.08. The lowest BCUT2D eigenvalue weighted by molar-refractivity contribution is 0.102. The normalized spacial score (nSPS) is 11.6. The quantitative estimate of drug-likeness (QED) is 0.738. The molecule has 26 heavy (non-hydrogen) atoms. The number of benzene rings is 2. The lowest BCUT2D eigenvalue weighted by Gasteiger charge is -2.16. The summed E-state index contributed by atoms with van der Waals surface area (Å²) in [6, 6.07) is 20.8. The van der Waals surface area contributed by atoms with Crippen LogP contribution < -0.4 is 16.2 Å². The van der Waals surface area contributed by atoms with Crippen LogP contribution in [0, 0.1) is 0 Å². The maximum Gasteiger partial charge on any atom is 0.255 e. The highest BCUT2D eigenvalue weighted by Crippen LogP contribution is 2.20. The topological polar surface area (TPSA) is 63.1 Å². The lowest BCUT2D eigenvalue weighted by Crippen LogP contribution is -2.19. The van der Waals surface area contributed by atoms with Crippen molar-refractivity contribution in [2.45, 2.75) is 13.0 Å². The molecule has 0 spiro atoms. The molecule has 0 aliphatic carbocycles. The second-order valence-electron chi connectivity index (χ2n) is 6.17. The van der Waals surface area contributed by atoms with E-state index in [1.54, 1.807) is 19.3 Å². The van der Waals surface area contributed by atoms with Gasteiger partial charge in [0.15, 0.2) is 0 Å². The molecule has 0 saturated carbocycles. The molecule has 2 N–H and O–H groups in total. The van der Waals surface area contributed by atoms with Gasteiger partial charge in [-0.05, 0) is 42.8 Å². The van der Waals surface area contributed by atoms with Gasteiger partial charge in [-0.15, -0.1) is 0 Å². The molecule has 0 saturated heterocycles. The molecule has 1 atom stereocenters. The third-order valence-electron chi connectivity index (χ3n) is 4.19. The van der Waals surface area contributed by atoms with E-state index in [1.165, 1.54) is 16.2 Å². The molecule has 5 nitrogen and oxygen atoms in total. The molecule has 1 amide bonds. The Balaban J connectivity index is 1.65.